The van der Waals surface area contributed by atoms with Gasteiger partial charge in [0.25, 0.3) is 0 Å². The summed E-state index contributed by atoms with van der Waals surface area (Å²) in [5.74, 6) is -0.251. The Morgan fingerprint density at radius 1 is 1.00 bits per heavy atom. The van der Waals surface area contributed by atoms with E-state index >= 15 is 0 Å². The van der Waals surface area contributed by atoms with Crippen LogP contribution in [-0.2, 0) is 14.8 Å². The Morgan fingerprint density at radius 3 is 2.29 bits per heavy atom. The van der Waals surface area contributed by atoms with Crippen molar-refractivity contribution in [3.63, 3.8) is 0 Å². The van der Waals surface area contributed by atoms with Crippen LogP contribution in [0.3, 0.4) is 0 Å². The Kier molecular flexibility index (Phi) is 7.62. The molecule has 0 fully saturated rings. The molecule has 3 aromatic rings. The van der Waals surface area contributed by atoms with Gasteiger partial charge in [-0.05, 0) is 56.7 Å². The van der Waals surface area contributed by atoms with Crippen molar-refractivity contribution >= 4 is 33.1 Å². The Labute approximate surface area is 206 Å². The highest BCUT2D eigenvalue weighted by Crippen LogP contribution is 2.29. The first-order valence-corrected chi connectivity index (χ1v) is 12.5. The van der Waals surface area contributed by atoms with Crippen molar-refractivity contribution in [2.75, 3.05) is 23.8 Å². The molecular formula is C26H31N5O3S. The molecule has 3 aromatic carbocycles. The van der Waals surface area contributed by atoms with Gasteiger partial charge in [-0.3, -0.25) is 10.2 Å². The topological polar surface area (TPSA) is 128 Å². The zero-order valence-electron chi connectivity index (χ0n) is 20.3. The maximum absolute atomic E-state index is 12.9. The standard InChI is InChI=1S/C26H31N5O3S/c1-26(2,3)30-35(33,34)23-11-6-5-10-22(23)18-12-14-20(15-13-18)29-24(32)17-31(4)21-9-7-8-19(16-21)25(27)28/h5-16,30H,17H2,1-4H3,(H3,27,28)(H,29,32). The first-order valence-electron chi connectivity index (χ1n) is 11.0. The highest BCUT2D eigenvalue weighted by Gasteiger charge is 2.24. The van der Waals surface area contributed by atoms with Gasteiger partial charge in [-0.2, -0.15) is 0 Å². The molecule has 3 rings (SSSR count). The molecule has 0 spiro atoms. The zero-order valence-corrected chi connectivity index (χ0v) is 21.1. The van der Waals surface area contributed by atoms with Crippen LogP contribution in [0.2, 0.25) is 0 Å². The first kappa shape index (κ1) is 25.9. The molecule has 0 radical (unpaired) electrons. The molecule has 9 heteroatoms. The summed E-state index contributed by atoms with van der Waals surface area (Å²) in [5.41, 5.74) is 8.19. The summed E-state index contributed by atoms with van der Waals surface area (Å²) in [5, 5.41) is 10.4. The van der Waals surface area contributed by atoms with E-state index in [4.69, 9.17) is 11.1 Å². The fourth-order valence-electron chi connectivity index (χ4n) is 3.55. The number of amides is 1. The van der Waals surface area contributed by atoms with E-state index in [9.17, 15) is 13.2 Å². The molecule has 0 aliphatic heterocycles. The van der Waals surface area contributed by atoms with Gasteiger partial charge in [-0.25, -0.2) is 13.1 Å². The van der Waals surface area contributed by atoms with Crippen LogP contribution >= 0.6 is 0 Å². The minimum absolute atomic E-state index is 0.0339. The normalized spacial score (nSPS) is 11.7. The van der Waals surface area contributed by atoms with Crippen LogP contribution in [0.5, 0.6) is 0 Å². The molecule has 0 saturated carbocycles. The fraction of sp³-hybridized carbons (Fsp3) is 0.231. The van der Waals surface area contributed by atoms with Crippen LogP contribution in [-0.4, -0.2) is 39.3 Å². The van der Waals surface area contributed by atoms with E-state index in [1.807, 2.05) is 6.07 Å². The van der Waals surface area contributed by atoms with Crippen LogP contribution in [0.1, 0.15) is 26.3 Å². The second kappa shape index (κ2) is 10.3. The lowest BCUT2D eigenvalue weighted by atomic mass is 10.1. The van der Waals surface area contributed by atoms with E-state index in [-0.39, 0.29) is 23.2 Å². The van der Waals surface area contributed by atoms with Gasteiger partial charge in [-0.1, -0.05) is 42.5 Å². The van der Waals surface area contributed by atoms with Crippen LogP contribution in [0, 0.1) is 5.41 Å². The number of likely N-dealkylation sites (N-methyl/N-ethyl adjacent to an activating group) is 1. The fourth-order valence-corrected chi connectivity index (χ4v) is 5.20. The molecule has 0 bridgehead atoms. The quantitative estimate of drug-likeness (QED) is 0.280. The van der Waals surface area contributed by atoms with Crippen LogP contribution in [0.25, 0.3) is 11.1 Å². The molecule has 8 nitrogen and oxygen atoms in total. The minimum Gasteiger partial charge on any atom is -0.384 e. The smallest absolute Gasteiger partial charge is 0.243 e. The van der Waals surface area contributed by atoms with Crippen molar-refractivity contribution < 1.29 is 13.2 Å². The van der Waals surface area contributed by atoms with E-state index in [2.05, 4.69) is 10.0 Å². The Balaban J connectivity index is 1.73. The molecule has 1 amide bonds. The molecule has 0 aliphatic carbocycles. The number of rotatable bonds is 8. The number of carbonyl (C=O) groups is 1. The zero-order chi connectivity index (χ0) is 25.8. The number of nitrogens with one attached hydrogen (secondary N) is 3. The molecule has 5 N–H and O–H groups in total. The van der Waals surface area contributed by atoms with Crippen molar-refractivity contribution in [1.82, 2.24) is 4.72 Å². The molecule has 184 valence electrons. The maximum atomic E-state index is 12.9. The van der Waals surface area contributed by atoms with Gasteiger partial charge in [-0.15, -0.1) is 0 Å². The summed E-state index contributed by atoms with van der Waals surface area (Å²) < 4.78 is 28.6. The molecule has 35 heavy (non-hydrogen) atoms. The lowest BCUT2D eigenvalue weighted by Crippen LogP contribution is -2.40. The van der Waals surface area contributed by atoms with E-state index in [0.717, 1.165) is 11.3 Å². The summed E-state index contributed by atoms with van der Waals surface area (Å²) in [4.78, 5) is 14.5. The molecule has 0 saturated heterocycles. The highest BCUT2D eigenvalue weighted by molar-refractivity contribution is 7.89. The molecule has 0 unspecified atom stereocenters. The third kappa shape index (κ3) is 6.91. The van der Waals surface area contributed by atoms with Gasteiger partial charge < -0.3 is 16.0 Å². The number of hydrogen-bond acceptors (Lipinski definition) is 5. The van der Waals surface area contributed by atoms with E-state index in [1.165, 1.54) is 0 Å². The average molecular weight is 494 g/mol. The summed E-state index contributed by atoms with van der Waals surface area (Å²) in [6.07, 6.45) is 0. The Morgan fingerprint density at radius 2 is 1.66 bits per heavy atom. The van der Waals surface area contributed by atoms with E-state index in [1.54, 1.807) is 99.4 Å². The average Bonchev–Trinajstić information content (AvgIpc) is 2.78. The van der Waals surface area contributed by atoms with Crippen molar-refractivity contribution in [2.24, 2.45) is 5.73 Å². The van der Waals surface area contributed by atoms with E-state index in [0.29, 0.717) is 16.8 Å². The second-order valence-corrected chi connectivity index (χ2v) is 10.9. The predicted molar refractivity (Wildman–Crippen MR) is 141 cm³/mol. The molecule has 0 aliphatic rings. The molecular weight excluding hydrogens is 462 g/mol. The van der Waals surface area contributed by atoms with E-state index < -0.39 is 15.6 Å². The van der Waals surface area contributed by atoms with Gasteiger partial charge in [0.15, 0.2) is 0 Å². The van der Waals surface area contributed by atoms with Crippen molar-refractivity contribution in [3.8, 4) is 11.1 Å². The predicted octanol–water partition coefficient (Wildman–Crippen LogP) is 3.79. The number of amidine groups is 1. The first-order chi connectivity index (χ1) is 16.4. The Bertz CT molecular complexity index is 1330. The van der Waals surface area contributed by atoms with Crippen LogP contribution in [0.4, 0.5) is 11.4 Å². The number of sulfonamides is 1. The van der Waals surface area contributed by atoms with Gasteiger partial charge in [0.05, 0.1) is 11.4 Å². The van der Waals surface area contributed by atoms with Crippen molar-refractivity contribution in [2.45, 2.75) is 31.2 Å². The number of hydrogen-bond donors (Lipinski definition) is 4. The van der Waals surface area contributed by atoms with Gasteiger partial charge >= 0.3 is 0 Å². The second-order valence-electron chi connectivity index (χ2n) is 9.30. The summed E-state index contributed by atoms with van der Waals surface area (Å²) in [6.45, 7) is 5.48. The summed E-state index contributed by atoms with van der Waals surface area (Å²) in [7, 11) is -1.94. The van der Waals surface area contributed by atoms with Crippen LogP contribution < -0.4 is 20.7 Å². The van der Waals surface area contributed by atoms with Gasteiger partial charge in [0.1, 0.15) is 5.84 Å². The minimum atomic E-state index is -3.72. The third-order valence-electron chi connectivity index (χ3n) is 5.08. The maximum Gasteiger partial charge on any atom is 0.243 e. The lowest BCUT2D eigenvalue weighted by molar-refractivity contribution is -0.114. The number of nitrogen functional groups attached to an aromatic ring is 1. The number of carbonyl (C=O) groups excluding carboxylic acids is 1. The summed E-state index contributed by atoms with van der Waals surface area (Å²) in [6, 6.07) is 21.0. The number of anilines is 2. The molecule has 0 atom stereocenters. The highest BCUT2D eigenvalue weighted by atomic mass is 32.2. The van der Waals surface area contributed by atoms with Crippen LogP contribution in [0.15, 0.2) is 77.7 Å². The SMILES string of the molecule is CN(CC(=O)Nc1ccc(-c2ccccc2S(=O)(=O)NC(C)(C)C)cc1)c1cccc(C(=N)N)c1. The third-order valence-corrected chi connectivity index (χ3v) is 6.89. The number of nitrogens with zero attached hydrogens (tertiary/aromatic N) is 1. The van der Waals surface area contributed by atoms with Crippen molar-refractivity contribution in [1.29, 1.82) is 5.41 Å². The molecule has 0 aromatic heterocycles. The summed E-state index contributed by atoms with van der Waals surface area (Å²) >= 11 is 0. The number of benzene rings is 3. The largest absolute Gasteiger partial charge is 0.384 e. The Hall–Kier alpha value is -3.69. The molecule has 0 heterocycles. The van der Waals surface area contributed by atoms with Gasteiger partial charge in [0, 0.05) is 35.1 Å². The number of nitrogens with two attached hydrogens (primary N) is 1. The van der Waals surface area contributed by atoms with Gasteiger partial charge in [0.2, 0.25) is 15.9 Å². The van der Waals surface area contributed by atoms with Crippen molar-refractivity contribution in [3.05, 3.63) is 78.4 Å². The lowest BCUT2D eigenvalue weighted by Gasteiger charge is -2.21. The monoisotopic (exact) mass is 493 g/mol.